The average molecular weight is 313 g/mol. The van der Waals surface area contributed by atoms with Crippen molar-refractivity contribution in [2.24, 2.45) is 5.73 Å². The predicted octanol–water partition coefficient (Wildman–Crippen LogP) is 4.31. The van der Waals surface area contributed by atoms with Gasteiger partial charge in [0.05, 0.1) is 0 Å². The summed E-state index contributed by atoms with van der Waals surface area (Å²) in [6, 6.07) is 6.99. The maximum absolute atomic E-state index is 5.88. The van der Waals surface area contributed by atoms with Crippen molar-refractivity contribution < 1.29 is 0 Å². The molecule has 0 fully saturated rings. The Morgan fingerprint density at radius 1 is 1.33 bits per heavy atom. The molecule has 102 valence electrons. The number of nitrogens with two attached hydrogens (primary N) is 1. The Hall–Kier alpha value is -0.540. The quantitative estimate of drug-likeness (QED) is 0.812. The van der Waals surface area contributed by atoms with E-state index >= 15 is 0 Å². The molecule has 0 amide bonds. The van der Waals surface area contributed by atoms with Crippen LogP contribution in [0.2, 0.25) is 0 Å². The first-order chi connectivity index (χ1) is 8.63. The average Bonchev–Trinajstić information content (AvgIpc) is 2.39. The molecule has 0 spiro atoms. The second kappa shape index (κ2) is 7.80. The first-order valence-electron chi connectivity index (χ1n) is 6.89. The first kappa shape index (κ1) is 15.5. The molecule has 1 aromatic carbocycles. The Bertz CT molecular complexity index is 366. The molecule has 0 aliphatic rings. The highest BCUT2D eigenvalue weighted by Gasteiger charge is 2.15. The van der Waals surface area contributed by atoms with Crippen LogP contribution in [0.5, 0.6) is 0 Å². The van der Waals surface area contributed by atoms with Crippen molar-refractivity contribution in [3.63, 3.8) is 0 Å². The van der Waals surface area contributed by atoms with Gasteiger partial charge in [0.1, 0.15) is 0 Å². The van der Waals surface area contributed by atoms with E-state index in [0.29, 0.717) is 12.6 Å². The van der Waals surface area contributed by atoms with Crippen molar-refractivity contribution >= 4 is 21.6 Å². The fourth-order valence-corrected chi connectivity index (χ4v) is 2.53. The van der Waals surface area contributed by atoms with E-state index in [2.05, 4.69) is 59.8 Å². The van der Waals surface area contributed by atoms with Crippen molar-refractivity contribution in [3.05, 3.63) is 28.2 Å². The van der Waals surface area contributed by atoms with Gasteiger partial charge in [-0.15, -0.1) is 0 Å². The van der Waals surface area contributed by atoms with Crippen LogP contribution in [0.15, 0.2) is 22.7 Å². The molecular formula is C15H25BrN2. The predicted molar refractivity (Wildman–Crippen MR) is 84.0 cm³/mol. The third kappa shape index (κ3) is 3.99. The van der Waals surface area contributed by atoms with Crippen LogP contribution >= 0.6 is 15.9 Å². The molecule has 18 heavy (non-hydrogen) atoms. The Kier molecular flexibility index (Phi) is 6.72. The van der Waals surface area contributed by atoms with Crippen LogP contribution in [0.1, 0.15) is 45.6 Å². The molecule has 2 N–H and O–H groups in total. The molecule has 1 unspecified atom stereocenters. The van der Waals surface area contributed by atoms with Gasteiger partial charge in [-0.05, 0) is 43.5 Å². The van der Waals surface area contributed by atoms with Crippen LogP contribution in [0.25, 0.3) is 0 Å². The number of benzene rings is 1. The number of anilines is 1. The Balaban J connectivity index is 3.03. The summed E-state index contributed by atoms with van der Waals surface area (Å²) < 4.78 is 1.10. The molecule has 1 aromatic rings. The number of hydrogen-bond donors (Lipinski definition) is 1. The summed E-state index contributed by atoms with van der Waals surface area (Å²) in [5.41, 5.74) is 8.40. The molecule has 0 radical (unpaired) electrons. The number of rotatable bonds is 7. The molecule has 0 aliphatic heterocycles. The fourth-order valence-electron chi connectivity index (χ4n) is 2.12. The van der Waals surface area contributed by atoms with Crippen molar-refractivity contribution in [2.75, 3.05) is 11.4 Å². The Morgan fingerprint density at radius 3 is 2.61 bits per heavy atom. The van der Waals surface area contributed by atoms with Gasteiger partial charge in [-0.1, -0.05) is 36.2 Å². The van der Waals surface area contributed by atoms with E-state index in [9.17, 15) is 0 Å². The van der Waals surface area contributed by atoms with Crippen LogP contribution in [-0.4, -0.2) is 12.6 Å². The summed E-state index contributed by atoms with van der Waals surface area (Å²) >= 11 is 3.52. The standard InChI is InChI=1S/C15H25BrN2/c1-4-6-9-18(12(3)5-2)15-8-7-14(16)10-13(15)11-17/h7-8,10,12H,4-6,9,11,17H2,1-3H3. The molecule has 1 atom stereocenters. The molecule has 0 aromatic heterocycles. The van der Waals surface area contributed by atoms with E-state index in [4.69, 9.17) is 5.73 Å². The van der Waals surface area contributed by atoms with Gasteiger partial charge in [-0.25, -0.2) is 0 Å². The normalized spacial score (nSPS) is 12.5. The number of unbranched alkanes of at least 4 members (excludes halogenated alkanes) is 1. The molecular weight excluding hydrogens is 288 g/mol. The van der Waals surface area contributed by atoms with Gasteiger partial charge in [-0.2, -0.15) is 0 Å². The minimum absolute atomic E-state index is 0.558. The molecule has 0 saturated carbocycles. The topological polar surface area (TPSA) is 29.3 Å². The minimum atomic E-state index is 0.558. The lowest BCUT2D eigenvalue weighted by atomic mass is 10.1. The van der Waals surface area contributed by atoms with Gasteiger partial charge in [0.15, 0.2) is 0 Å². The van der Waals surface area contributed by atoms with E-state index in [-0.39, 0.29) is 0 Å². The van der Waals surface area contributed by atoms with E-state index in [1.54, 1.807) is 0 Å². The monoisotopic (exact) mass is 312 g/mol. The van der Waals surface area contributed by atoms with Gasteiger partial charge in [0.25, 0.3) is 0 Å². The highest BCUT2D eigenvalue weighted by atomic mass is 79.9. The largest absolute Gasteiger partial charge is 0.369 e. The lowest BCUT2D eigenvalue weighted by Gasteiger charge is -2.32. The van der Waals surface area contributed by atoms with Gasteiger partial charge >= 0.3 is 0 Å². The van der Waals surface area contributed by atoms with Crippen molar-refractivity contribution in [2.45, 2.75) is 52.6 Å². The van der Waals surface area contributed by atoms with Gasteiger partial charge in [-0.3, -0.25) is 0 Å². The van der Waals surface area contributed by atoms with Crippen LogP contribution in [-0.2, 0) is 6.54 Å². The lowest BCUT2D eigenvalue weighted by molar-refractivity contribution is 0.593. The van der Waals surface area contributed by atoms with E-state index in [1.165, 1.54) is 24.1 Å². The summed E-state index contributed by atoms with van der Waals surface area (Å²) in [4.78, 5) is 2.50. The van der Waals surface area contributed by atoms with Crippen LogP contribution in [0, 0.1) is 0 Å². The summed E-state index contributed by atoms with van der Waals surface area (Å²) in [6.45, 7) is 8.47. The molecule has 0 bridgehead atoms. The van der Waals surface area contributed by atoms with Gasteiger partial charge < -0.3 is 10.6 Å². The molecule has 3 heteroatoms. The maximum atomic E-state index is 5.88. The molecule has 0 aliphatic carbocycles. The van der Waals surface area contributed by atoms with Crippen LogP contribution in [0.4, 0.5) is 5.69 Å². The zero-order chi connectivity index (χ0) is 13.5. The van der Waals surface area contributed by atoms with E-state index in [0.717, 1.165) is 17.4 Å². The van der Waals surface area contributed by atoms with Crippen molar-refractivity contribution in [1.29, 1.82) is 0 Å². The highest BCUT2D eigenvalue weighted by molar-refractivity contribution is 9.10. The molecule has 1 rings (SSSR count). The highest BCUT2D eigenvalue weighted by Crippen LogP contribution is 2.27. The summed E-state index contributed by atoms with van der Waals surface area (Å²) in [7, 11) is 0. The fraction of sp³-hybridized carbons (Fsp3) is 0.600. The maximum Gasteiger partial charge on any atom is 0.0414 e. The molecule has 0 saturated heterocycles. The van der Waals surface area contributed by atoms with Crippen LogP contribution in [0.3, 0.4) is 0 Å². The summed E-state index contributed by atoms with van der Waals surface area (Å²) in [5.74, 6) is 0. The second-order valence-corrected chi connectivity index (χ2v) is 5.70. The first-order valence-corrected chi connectivity index (χ1v) is 7.68. The third-order valence-corrected chi connectivity index (χ3v) is 3.94. The molecule has 2 nitrogen and oxygen atoms in total. The smallest absolute Gasteiger partial charge is 0.0414 e. The Morgan fingerprint density at radius 2 is 2.06 bits per heavy atom. The SMILES string of the molecule is CCCCN(c1ccc(Br)cc1CN)C(C)CC. The van der Waals surface area contributed by atoms with Crippen LogP contribution < -0.4 is 10.6 Å². The second-order valence-electron chi connectivity index (χ2n) is 4.78. The number of hydrogen-bond acceptors (Lipinski definition) is 2. The Labute approximate surface area is 120 Å². The zero-order valence-corrected chi connectivity index (χ0v) is 13.3. The molecule has 0 heterocycles. The van der Waals surface area contributed by atoms with Gasteiger partial charge in [0, 0.05) is 29.3 Å². The van der Waals surface area contributed by atoms with Crippen molar-refractivity contribution in [3.8, 4) is 0 Å². The zero-order valence-electron chi connectivity index (χ0n) is 11.7. The summed E-state index contributed by atoms with van der Waals surface area (Å²) in [5, 5.41) is 0. The minimum Gasteiger partial charge on any atom is -0.369 e. The third-order valence-electron chi connectivity index (χ3n) is 3.45. The van der Waals surface area contributed by atoms with E-state index in [1.807, 2.05) is 0 Å². The lowest BCUT2D eigenvalue weighted by Crippen LogP contribution is -2.34. The van der Waals surface area contributed by atoms with E-state index < -0.39 is 0 Å². The number of halogens is 1. The number of nitrogens with zero attached hydrogens (tertiary/aromatic N) is 1. The van der Waals surface area contributed by atoms with Gasteiger partial charge in [0.2, 0.25) is 0 Å². The summed E-state index contributed by atoms with van der Waals surface area (Å²) in [6.07, 6.45) is 3.61. The van der Waals surface area contributed by atoms with Crippen molar-refractivity contribution in [1.82, 2.24) is 0 Å².